The molecule has 8 heteroatoms. The Bertz CT molecular complexity index is 856. The Labute approximate surface area is 147 Å². The van der Waals surface area contributed by atoms with E-state index in [0.717, 1.165) is 23.3 Å². The van der Waals surface area contributed by atoms with Gasteiger partial charge >= 0.3 is 6.18 Å². The highest BCUT2D eigenvalue weighted by Gasteiger charge is 2.34. The predicted molar refractivity (Wildman–Crippen MR) is 92.2 cm³/mol. The molecule has 1 aliphatic heterocycles. The topological polar surface area (TPSA) is 49.9 Å². The molecule has 1 aromatic carbocycles. The highest BCUT2D eigenvalue weighted by Crippen LogP contribution is 2.33. The van der Waals surface area contributed by atoms with Crippen LogP contribution < -0.4 is 5.32 Å². The minimum absolute atomic E-state index is 0.364. The first-order chi connectivity index (χ1) is 11.7. The molecule has 0 aliphatic carbocycles. The summed E-state index contributed by atoms with van der Waals surface area (Å²) in [5.74, 6) is 0.515. The maximum atomic E-state index is 12.8. The second-order valence-corrected chi connectivity index (χ2v) is 6.92. The van der Waals surface area contributed by atoms with E-state index in [9.17, 15) is 13.2 Å². The minimum Gasteiger partial charge on any atom is -0.359 e. The summed E-state index contributed by atoms with van der Waals surface area (Å²) in [6.45, 7) is 3.96. The molecule has 0 spiro atoms. The maximum Gasteiger partial charge on any atom is 0.416 e. The van der Waals surface area contributed by atoms with Gasteiger partial charge in [-0.3, -0.25) is 0 Å². The molecule has 0 amide bonds. The number of ether oxygens (including phenoxy) is 1. The number of nitrogens with one attached hydrogen (secondary N) is 2. The molecule has 1 atom stereocenters. The van der Waals surface area contributed by atoms with Crippen LogP contribution in [0.2, 0.25) is 0 Å². The number of hydrogen-bond acceptors (Lipinski definition) is 4. The number of rotatable bonds is 4. The van der Waals surface area contributed by atoms with Gasteiger partial charge in [0.1, 0.15) is 0 Å². The molecule has 2 heterocycles. The lowest BCUT2D eigenvalue weighted by molar-refractivity contribution is -0.137. The lowest BCUT2D eigenvalue weighted by Crippen LogP contribution is -2.49. The van der Waals surface area contributed by atoms with Crippen LogP contribution in [-0.2, 0) is 10.9 Å². The molecule has 134 valence electrons. The highest BCUT2D eigenvalue weighted by molar-refractivity contribution is 7.99. The summed E-state index contributed by atoms with van der Waals surface area (Å²) in [4.78, 5) is 7.29. The maximum absolute atomic E-state index is 12.8. The van der Waals surface area contributed by atoms with Crippen molar-refractivity contribution in [2.75, 3.05) is 12.9 Å². The zero-order valence-corrected chi connectivity index (χ0v) is 14.8. The summed E-state index contributed by atoms with van der Waals surface area (Å²) in [5.41, 5.74) is 1.63. The molecule has 25 heavy (non-hydrogen) atoms. The second kappa shape index (κ2) is 6.42. The number of alkyl halides is 3. The van der Waals surface area contributed by atoms with Crippen molar-refractivity contribution < 1.29 is 17.9 Å². The molecule has 0 bridgehead atoms. The van der Waals surface area contributed by atoms with Gasteiger partial charge < -0.3 is 15.0 Å². The predicted octanol–water partition coefficient (Wildman–Crippen LogP) is 4.47. The molecule has 0 saturated carbocycles. The van der Waals surface area contributed by atoms with Crippen LogP contribution in [0.4, 0.5) is 13.2 Å². The molecule has 2 aromatic rings. The smallest absolute Gasteiger partial charge is 0.359 e. The van der Waals surface area contributed by atoms with E-state index in [-0.39, 0.29) is 0 Å². The van der Waals surface area contributed by atoms with E-state index in [4.69, 9.17) is 4.74 Å². The average molecular weight is 369 g/mol. The highest BCUT2D eigenvalue weighted by atomic mass is 32.2. The van der Waals surface area contributed by atoms with Crippen molar-refractivity contribution in [3.8, 4) is 0 Å². The van der Waals surface area contributed by atoms with Crippen molar-refractivity contribution >= 4 is 22.8 Å². The summed E-state index contributed by atoms with van der Waals surface area (Å²) < 4.78 is 44.1. The fourth-order valence-electron chi connectivity index (χ4n) is 2.68. The molecule has 1 unspecified atom stereocenters. The lowest BCUT2D eigenvalue weighted by Gasteiger charge is -2.36. The standard InChI is InChI=1S/C17H18F3N3OS/c1-10-6-11(2)16(24-3,21-8-10)9-25-15-22-13-5-4-12(17(18,19)20)7-14(13)23-15/h4-8,21H,9H2,1-3H3,(H,22,23). The number of thioether (sulfide) groups is 1. The molecule has 2 N–H and O–H groups in total. The fraction of sp³-hybridized carbons (Fsp3) is 0.353. The van der Waals surface area contributed by atoms with Crippen molar-refractivity contribution in [2.24, 2.45) is 0 Å². The van der Waals surface area contributed by atoms with Gasteiger partial charge in [0.15, 0.2) is 10.9 Å². The SMILES string of the molecule is COC1(CSc2nc3ccc(C(F)(F)F)cc3[nH]2)NC=C(C)C=C1C. The van der Waals surface area contributed by atoms with Crippen LogP contribution >= 0.6 is 11.8 Å². The van der Waals surface area contributed by atoms with Gasteiger partial charge in [0, 0.05) is 13.3 Å². The molecule has 0 fully saturated rings. The number of aromatic nitrogens is 2. The number of aromatic amines is 1. The van der Waals surface area contributed by atoms with Gasteiger partial charge in [0.05, 0.1) is 22.3 Å². The zero-order valence-electron chi connectivity index (χ0n) is 14.0. The summed E-state index contributed by atoms with van der Waals surface area (Å²) in [6.07, 6.45) is -0.453. The lowest BCUT2D eigenvalue weighted by atomic mass is 10.0. The van der Waals surface area contributed by atoms with E-state index in [1.807, 2.05) is 26.1 Å². The van der Waals surface area contributed by atoms with Crippen LogP contribution in [0.3, 0.4) is 0 Å². The molecule has 0 radical (unpaired) electrons. The van der Waals surface area contributed by atoms with Crippen LogP contribution in [0.25, 0.3) is 11.0 Å². The third-order valence-electron chi connectivity index (χ3n) is 4.16. The Hall–Kier alpha value is -1.93. The first-order valence-electron chi connectivity index (χ1n) is 7.62. The van der Waals surface area contributed by atoms with Crippen molar-refractivity contribution in [2.45, 2.75) is 30.9 Å². The molecular weight excluding hydrogens is 351 g/mol. The summed E-state index contributed by atoms with van der Waals surface area (Å²) in [6, 6.07) is 3.49. The molecular formula is C17H18F3N3OS. The van der Waals surface area contributed by atoms with E-state index in [2.05, 4.69) is 15.3 Å². The molecule has 1 aliphatic rings. The first kappa shape index (κ1) is 17.9. The van der Waals surface area contributed by atoms with Gasteiger partial charge in [-0.25, -0.2) is 4.98 Å². The van der Waals surface area contributed by atoms with E-state index in [1.165, 1.54) is 17.8 Å². The van der Waals surface area contributed by atoms with Gasteiger partial charge in [-0.05, 0) is 43.2 Å². The van der Waals surface area contributed by atoms with E-state index in [0.29, 0.717) is 21.9 Å². The Morgan fingerprint density at radius 2 is 2.04 bits per heavy atom. The number of halogens is 3. The summed E-state index contributed by atoms with van der Waals surface area (Å²) in [5, 5.41) is 3.80. The van der Waals surface area contributed by atoms with Crippen LogP contribution in [0, 0.1) is 0 Å². The van der Waals surface area contributed by atoms with E-state index >= 15 is 0 Å². The summed E-state index contributed by atoms with van der Waals surface area (Å²) >= 11 is 1.39. The van der Waals surface area contributed by atoms with Crippen molar-refractivity contribution in [3.05, 3.63) is 47.2 Å². The Morgan fingerprint density at radius 1 is 1.28 bits per heavy atom. The molecule has 4 nitrogen and oxygen atoms in total. The van der Waals surface area contributed by atoms with E-state index in [1.54, 1.807) is 7.11 Å². The fourth-order valence-corrected chi connectivity index (χ4v) is 3.79. The molecule has 1 aromatic heterocycles. The molecule has 0 saturated heterocycles. The van der Waals surface area contributed by atoms with Crippen LogP contribution in [0.15, 0.2) is 46.8 Å². The van der Waals surface area contributed by atoms with Gasteiger partial charge in [-0.15, -0.1) is 0 Å². The molecule has 3 rings (SSSR count). The number of fused-ring (bicyclic) bond motifs is 1. The average Bonchev–Trinajstić information content (AvgIpc) is 2.96. The second-order valence-electron chi connectivity index (χ2n) is 5.95. The quantitative estimate of drug-likeness (QED) is 0.781. The Morgan fingerprint density at radius 3 is 2.68 bits per heavy atom. The monoisotopic (exact) mass is 369 g/mol. The van der Waals surface area contributed by atoms with Gasteiger partial charge in [-0.2, -0.15) is 13.2 Å². The zero-order chi connectivity index (χ0) is 18.2. The number of nitrogens with zero attached hydrogens (tertiary/aromatic N) is 1. The number of benzene rings is 1. The van der Waals surface area contributed by atoms with Gasteiger partial charge in [-0.1, -0.05) is 17.8 Å². The summed E-state index contributed by atoms with van der Waals surface area (Å²) in [7, 11) is 1.62. The van der Waals surface area contributed by atoms with Crippen molar-refractivity contribution in [3.63, 3.8) is 0 Å². The third-order valence-corrected chi connectivity index (χ3v) is 5.18. The Kier molecular flexibility index (Phi) is 4.59. The first-order valence-corrected chi connectivity index (χ1v) is 8.60. The van der Waals surface area contributed by atoms with E-state index < -0.39 is 17.5 Å². The number of hydrogen-bond donors (Lipinski definition) is 2. The largest absolute Gasteiger partial charge is 0.416 e. The normalized spacial score (nSPS) is 21.0. The number of methoxy groups -OCH3 is 1. The van der Waals surface area contributed by atoms with Gasteiger partial charge in [0.2, 0.25) is 0 Å². The Balaban J connectivity index is 1.80. The number of allylic oxidation sites excluding steroid dienone is 2. The van der Waals surface area contributed by atoms with Crippen molar-refractivity contribution in [1.82, 2.24) is 15.3 Å². The number of imidazole rings is 1. The number of dihydropyridines is 1. The van der Waals surface area contributed by atoms with Crippen LogP contribution in [-0.4, -0.2) is 28.6 Å². The minimum atomic E-state index is -4.37. The van der Waals surface area contributed by atoms with Crippen molar-refractivity contribution in [1.29, 1.82) is 0 Å². The third kappa shape index (κ3) is 3.55. The number of H-pyrrole nitrogens is 1. The van der Waals surface area contributed by atoms with Crippen LogP contribution in [0.5, 0.6) is 0 Å². The van der Waals surface area contributed by atoms with Gasteiger partial charge in [0.25, 0.3) is 0 Å². The van der Waals surface area contributed by atoms with Crippen LogP contribution in [0.1, 0.15) is 19.4 Å².